The van der Waals surface area contributed by atoms with E-state index in [2.05, 4.69) is 45.8 Å². The van der Waals surface area contributed by atoms with Crippen molar-refractivity contribution >= 4 is 17.3 Å². The third kappa shape index (κ3) is 7.02. The van der Waals surface area contributed by atoms with Crippen LogP contribution in [-0.2, 0) is 7.05 Å². The molecule has 0 bridgehead atoms. The smallest absolute Gasteiger partial charge is 0.560 e. The zero-order valence-corrected chi connectivity index (χ0v) is 23.2. The molecule has 1 fully saturated rings. The Morgan fingerprint density at radius 3 is 2.62 bits per heavy atom. The molecular formula is C23H31KN7O-. The molecule has 1 aromatic carbocycles. The first-order valence-corrected chi connectivity index (χ1v) is 10.4. The van der Waals surface area contributed by atoms with E-state index in [1.54, 1.807) is 10.9 Å². The van der Waals surface area contributed by atoms with Crippen molar-refractivity contribution in [3.05, 3.63) is 66.2 Å². The first kappa shape index (κ1) is 26.8. The molecule has 2 aromatic rings. The summed E-state index contributed by atoms with van der Waals surface area (Å²) in [4.78, 5) is 17.0. The third-order valence-corrected chi connectivity index (χ3v) is 5.24. The van der Waals surface area contributed by atoms with Crippen LogP contribution >= 0.6 is 0 Å². The Morgan fingerprint density at radius 2 is 2.00 bits per heavy atom. The van der Waals surface area contributed by atoms with Gasteiger partial charge in [-0.25, -0.2) is 0 Å². The predicted molar refractivity (Wildman–Crippen MR) is 123 cm³/mol. The number of carbonyl (C=O) groups excluding carboxylic acids is 1. The molecule has 1 unspecified atom stereocenters. The van der Waals surface area contributed by atoms with Gasteiger partial charge in [-0.2, -0.15) is 5.10 Å². The van der Waals surface area contributed by atoms with E-state index in [4.69, 9.17) is 0 Å². The van der Waals surface area contributed by atoms with Crippen LogP contribution in [0.4, 0.5) is 5.69 Å². The van der Waals surface area contributed by atoms with Gasteiger partial charge in [0, 0.05) is 31.0 Å². The first-order chi connectivity index (χ1) is 14.7. The second-order valence-corrected chi connectivity index (χ2v) is 8.09. The van der Waals surface area contributed by atoms with Gasteiger partial charge in [0.2, 0.25) is 0 Å². The van der Waals surface area contributed by atoms with Gasteiger partial charge in [0.15, 0.2) is 5.69 Å². The maximum atomic E-state index is 12.6. The van der Waals surface area contributed by atoms with Crippen molar-refractivity contribution in [2.24, 2.45) is 12.0 Å². The minimum Gasteiger partial charge on any atom is -0.560 e. The summed E-state index contributed by atoms with van der Waals surface area (Å²) < 4.78 is 1.76. The largest absolute Gasteiger partial charge is 1.00 e. The second kappa shape index (κ2) is 12.1. The number of carbonyl (C=O) groups is 1. The van der Waals surface area contributed by atoms with E-state index in [0.717, 1.165) is 29.2 Å². The number of hydrazine groups is 1. The van der Waals surface area contributed by atoms with Gasteiger partial charge in [-0.3, -0.25) is 21.0 Å². The zero-order valence-electron chi connectivity index (χ0n) is 20.0. The molecule has 9 heteroatoms. The number of hydrogen-bond donors (Lipinski definition) is 2. The Kier molecular flexibility index (Phi) is 10.2. The molecule has 1 aromatic heterocycles. The molecule has 166 valence electrons. The molecule has 8 nitrogen and oxygen atoms in total. The average molecular weight is 461 g/mol. The van der Waals surface area contributed by atoms with E-state index in [1.807, 2.05) is 70.0 Å². The average Bonchev–Trinajstić information content (AvgIpc) is 3.27. The van der Waals surface area contributed by atoms with Gasteiger partial charge in [0.05, 0.1) is 0 Å². The van der Waals surface area contributed by atoms with Crippen LogP contribution in [0.1, 0.15) is 54.5 Å². The zero-order chi connectivity index (χ0) is 22.5. The molecule has 1 aliphatic heterocycles. The minimum absolute atomic E-state index is 0. The summed E-state index contributed by atoms with van der Waals surface area (Å²) in [6.45, 7) is 8.96. The van der Waals surface area contributed by atoms with Crippen LogP contribution in [0.25, 0.3) is 0 Å². The Morgan fingerprint density at radius 1 is 1.25 bits per heavy atom. The summed E-state index contributed by atoms with van der Waals surface area (Å²) >= 11 is 0. The van der Waals surface area contributed by atoms with Gasteiger partial charge in [0.25, 0.3) is 5.91 Å². The molecule has 0 spiro atoms. The Labute approximate surface area is 233 Å². The third-order valence-electron chi connectivity index (χ3n) is 5.24. The van der Waals surface area contributed by atoms with E-state index in [9.17, 15) is 4.79 Å². The van der Waals surface area contributed by atoms with Crippen LogP contribution < -0.4 is 62.0 Å². The fourth-order valence-corrected chi connectivity index (χ4v) is 3.35. The molecule has 0 aliphatic carbocycles. The number of aryl methyl sites for hydroxylation is 1. The summed E-state index contributed by atoms with van der Waals surface area (Å²) in [7, 11) is 5.85. The summed E-state index contributed by atoms with van der Waals surface area (Å²) in [5.41, 5.74) is 4.17. The van der Waals surface area contributed by atoms with Gasteiger partial charge < -0.3 is 26.8 Å². The van der Waals surface area contributed by atoms with Crippen LogP contribution in [0.15, 0.2) is 41.5 Å². The van der Waals surface area contributed by atoms with Crippen molar-refractivity contribution in [3.8, 4) is 0 Å². The van der Waals surface area contributed by atoms with Gasteiger partial charge in [-0.05, 0) is 50.7 Å². The summed E-state index contributed by atoms with van der Waals surface area (Å²) in [5, 5.41) is 14.5. The normalized spacial score (nSPS) is 16.9. The number of amides is 1. The number of anilines is 1. The van der Waals surface area contributed by atoms with Crippen molar-refractivity contribution in [2.45, 2.75) is 32.7 Å². The van der Waals surface area contributed by atoms with Crippen molar-refractivity contribution in [1.29, 1.82) is 0 Å². The van der Waals surface area contributed by atoms with Crippen molar-refractivity contribution in [2.75, 3.05) is 26.0 Å². The van der Waals surface area contributed by atoms with Gasteiger partial charge >= 0.3 is 51.4 Å². The SMILES string of the molecule is CC(C)c1cc(C(=O)Nc2cccc(C(C)N[C-]=CN=C3[CH-]N(C)N(C)C3)c2)nn1C.[K+]. The minimum atomic E-state index is -0.217. The number of aromatic nitrogens is 2. The van der Waals surface area contributed by atoms with Gasteiger partial charge in [-0.1, -0.05) is 31.7 Å². The van der Waals surface area contributed by atoms with Crippen LogP contribution in [-0.4, -0.2) is 52.1 Å². The van der Waals surface area contributed by atoms with Crippen molar-refractivity contribution in [1.82, 2.24) is 25.1 Å². The molecule has 32 heavy (non-hydrogen) atoms. The number of nitrogens with zero attached hydrogens (tertiary/aromatic N) is 5. The molecule has 1 saturated heterocycles. The predicted octanol–water partition coefficient (Wildman–Crippen LogP) is 0.120. The number of rotatable bonds is 7. The van der Waals surface area contributed by atoms with Crippen molar-refractivity contribution in [3.63, 3.8) is 0 Å². The Bertz CT molecular complexity index is 970. The monoisotopic (exact) mass is 460 g/mol. The fraction of sp³-hybridized carbons (Fsp3) is 0.391. The standard InChI is InChI=1S/C23H31N7O.K/c1-16(2)22-13-21(27-30(22)6)23(31)26-19-9-7-8-18(12-19)17(3)24-10-11-25-20-14-28(4)29(5)15-20;/h7-9,11-14,16-17,24H,15H2,1-6H3,(H,26,31);/q-2;+1. The van der Waals surface area contributed by atoms with Crippen molar-refractivity contribution < 1.29 is 56.2 Å². The second-order valence-electron chi connectivity index (χ2n) is 8.09. The summed E-state index contributed by atoms with van der Waals surface area (Å²) in [6.07, 6.45) is 4.67. The van der Waals surface area contributed by atoms with E-state index in [-0.39, 0.29) is 63.3 Å². The molecule has 0 saturated carbocycles. The number of hydrogen-bond acceptors (Lipinski definition) is 6. The topological polar surface area (TPSA) is 77.8 Å². The summed E-state index contributed by atoms with van der Waals surface area (Å²) in [6, 6.07) is 9.59. The Hall–Kier alpha value is -1.46. The van der Waals surface area contributed by atoms with Crippen LogP contribution in [0.2, 0.25) is 0 Å². The fourth-order valence-electron chi connectivity index (χ4n) is 3.35. The number of nitrogens with one attached hydrogen (secondary N) is 2. The quantitative estimate of drug-likeness (QED) is 0.349. The maximum Gasteiger partial charge on any atom is 1.00 e. The maximum absolute atomic E-state index is 12.6. The van der Waals surface area contributed by atoms with E-state index < -0.39 is 0 Å². The van der Waals surface area contributed by atoms with E-state index in [0.29, 0.717) is 11.6 Å². The molecule has 2 heterocycles. The number of benzene rings is 1. The van der Waals surface area contributed by atoms with Crippen LogP contribution in [0, 0.1) is 12.7 Å². The summed E-state index contributed by atoms with van der Waals surface area (Å²) in [5.74, 6) is 0.0856. The van der Waals surface area contributed by atoms with Gasteiger partial charge in [-0.15, -0.1) is 6.20 Å². The van der Waals surface area contributed by atoms with E-state index >= 15 is 0 Å². The molecule has 1 atom stereocenters. The van der Waals surface area contributed by atoms with Crippen LogP contribution in [0.5, 0.6) is 0 Å². The van der Waals surface area contributed by atoms with Crippen LogP contribution in [0.3, 0.4) is 0 Å². The Balaban J connectivity index is 0.00000363. The molecule has 1 aliphatic rings. The molecule has 3 rings (SSSR count). The number of aliphatic imine (C=N–C) groups is 1. The molecule has 2 N–H and O–H groups in total. The van der Waals surface area contributed by atoms with E-state index in [1.165, 1.54) is 0 Å². The molecule has 0 radical (unpaired) electrons. The van der Waals surface area contributed by atoms with Gasteiger partial charge in [0.1, 0.15) is 0 Å². The molecular weight excluding hydrogens is 429 g/mol. The molecule has 1 amide bonds. The first-order valence-electron chi connectivity index (χ1n) is 10.4.